The van der Waals surface area contributed by atoms with Crippen molar-refractivity contribution in [3.8, 4) is 11.5 Å². The zero-order valence-electron chi connectivity index (χ0n) is 24.6. The Labute approximate surface area is 221 Å². The molecule has 0 bridgehead atoms. The largest absolute Gasteiger partial charge is 0.507 e. The number of thioether (sulfide) groups is 1. The van der Waals surface area contributed by atoms with Crippen LogP contribution in [0.15, 0.2) is 41.3 Å². The summed E-state index contributed by atoms with van der Waals surface area (Å²) in [5, 5.41) is 13.9. The van der Waals surface area contributed by atoms with Crippen molar-refractivity contribution in [2.45, 2.75) is 116 Å². The van der Waals surface area contributed by atoms with Crippen LogP contribution in [0.3, 0.4) is 0 Å². The van der Waals surface area contributed by atoms with E-state index in [1.807, 2.05) is 11.8 Å². The van der Waals surface area contributed by atoms with Gasteiger partial charge < -0.3 is 9.84 Å². The molecule has 0 heterocycles. The van der Waals surface area contributed by atoms with Gasteiger partial charge in [-0.3, -0.25) is 0 Å². The number of hydrogen-bond acceptors (Lipinski definition) is 3. The smallest absolute Gasteiger partial charge is 0.123 e. The Balaban J connectivity index is 2.75. The van der Waals surface area contributed by atoms with E-state index in [-0.39, 0.29) is 20.9 Å². The predicted octanol–water partition coefficient (Wildman–Crippen LogP) is 8.97. The summed E-state index contributed by atoms with van der Waals surface area (Å²) in [5.41, 5.74) is 1.79. The number of hydrogen-bond donors (Lipinski definition) is 1. The molecule has 0 spiro atoms. The molecule has 0 aliphatic rings. The molecule has 1 N–H and O–H groups in total. The summed E-state index contributed by atoms with van der Waals surface area (Å²) in [6.45, 7) is 30.4. The zero-order valence-corrected chi connectivity index (χ0v) is 26.5. The topological polar surface area (TPSA) is 29.5 Å². The average Bonchev–Trinajstić information content (AvgIpc) is 2.66. The molecule has 2 rings (SSSR count). The monoisotopic (exact) mass is 514 g/mol. The highest BCUT2D eigenvalue weighted by Crippen LogP contribution is 2.54. The van der Waals surface area contributed by atoms with E-state index in [4.69, 9.17) is 4.74 Å². The fourth-order valence-corrected chi connectivity index (χ4v) is 16.4. The van der Waals surface area contributed by atoms with Crippen LogP contribution in [-0.2, 0) is 10.8 Å². The highest BCUT2D eigenvalue weighted by molar-refractivity contribution is 8.01. The van der Waals surface area contributed by atoms with E-state index < -0.39 is 8.07 Å². The van der Waals surface area contributed by atoms with Crippen LogP contribution in [0.2, 0.25) is 10.1 Å². The SMILES string of the molecule is CCOc1ccccc1[Si](CSc1cc(C(C)(C)C)c(O)c(C(C)(C)C)c1)(C(C)(C)C)C(C)(C)C. The zero-order chi connectivity index (χ0) is 27.0. The molecule has 35 heavy (non-hydrogen) atoms. The predicted molar refractivity (Wildman–Crippen MR) is 159 cm³/mol. The Kier molecular flexibility index (Phi) is 8.67. The van der Waals surface area contributed by atoms with Crippen molar-refractivity contribution in [3.05, 3.63) is 47.5 Å². The average molecular weight is 515 g/mol. The summed E-state index contributed by atoms with van der Waals surface area (Å²) in [7, 11) is -2.20. The summed E-state index contributed by atoms with van der Waals surface area (Å²) < 4.78 is 6.22. The molecule has 0 saturated heterocycles. The van der Waals surface area contributed by atoms with Crippen molar-refractivity contribution < 1.29 is 9.84 Å². The fourth-order valence-electron chi connectivity index (χ4n) is 5.57. The third-order valence-electron chi connectivity index (χ3n) is 7.36. The summed E-state index contributed by atoms with van der Waals surface area (Å²) in [6.07, 6.45) is 0. The minimum Gasteiger partial charge on any atom is -0.507 e. The standard InChI is InChI=1S/C31H50O2SSi/c1-14-33-25-17-15-16-18-26(25)35(30(8,9)10,31(11,12)13)21-34-22-19-23(28(2,3)4)27(32)24(20-22)29(5,6)7/h15-20,32H,14,21H2,1-13H3. The van der Waals surface area contributed by atoms with Crippen LogP contribution in [0, 0.1) is 0 Å². The number of benzene rings is 2. The van der Waals surface area contributed by atoms with Gasteiger partial charge in [0.25, 0.3) is 0 Å². The molecule has 196 valence electrons. The minimum absolute atomic E-state index is 0.113. The second-order valence-electron chi connectivity index (χ2n) is 14.0. The van der Waals surface area contributed by atoms with Gasteiger partial charge >= 0.3 is 0 Å². The number of aromatic hydroxyl groups is 1. The molecule has 0 saturated carbocycles. The molecule has 4 heteroatoms. The molecule has 0 fully saturated rings. The van der Waals surface area contributed by atoms with Crippen LogP contribution >= 0.6 is 11.8 Å². The highest BCUT2D eigenvalue weighted by Gasteiger charge is 2.55. The maximum atomic E-state index is 11.2. The van der Waals surface area contributed by atoms with Crippen LogP contribution in [0.1, 0.15) is 101 Å². The first-order chi connectivity index (χ1) is 15.8. The maximum Gasteiger partial charge on any atom is 0.123 e. The van der Waals surface area contributed by atoms with Crippen LogP contribution < -0.4 is 9.92 Å². The number of phenolic OH excluding ortho intramolecular Hbond substituents is 1. The lowest BCUT2D eigenvalue weighted by Gasteiger charge is -2.52. The molecule has 2 nitrogen and oxygen atoms in total. The van der Waals surface area contributed by atoms with Crippen LogP contribution in [0.25, 0.3) is 0 Å². The molecular weight excluding hydrogens is 464 g/mol. The van der Waals surface area contributed by atoms with E-state index in [1.54, 1.807) is 0 Å². The lowest BCUT2D eigenvalue weighted by atomic mass is 9.79. The van der Waals surface area contributed by atoms with Gasteiger partial charge in [-0.2, -0.15) is 0 Å². The lowest BCUT2D eigenvalue weighted by molar-refractivity contribution is 0.342. The van der Waals surface area contributed by atoms with Crippen molar-refractivity contribution in [2.75, 3.05) is 12.0 Å². The van der Waals surface area contributed by atoms with Gasteiger partial charge in [-0.25, -0.2) is 0 Å². The molecule has 0 aromatic heterocycles. The first-order valence-corrected chi connectivity index (χ1v) is 16.2. The van der Waals surface area contributed by atoms with E-state index >= 15 is 0 Å². The maximum absolute atomic E-state index is 11.2. The van der Waals surface area contributed by atoms with Gasteiger partial charge in [-0.1, -0.05) is 101 Å². The Morgan fingerprint density at radius 3 is 1.63 bits per heavy atom. The number of para-hydroxylation sites is 1. The van der Waals surface area contributed by atoms with Crippen molar-refractivity contribution in [1.82, 2.24) is 0 Å². The molecule has 0 aliphatic carbocycles. The van der Waals surface area contributed by atoms with Crippen molar-refractivity contribution >= 4 is 25.0 Å². The van der Waals surface area contributed by atoms with Gasteiger partial charge in [0.1, 0.15) is 19.6 Å². The van der Waals surface area contributed by atoms with Gasteiger partial charge in [0.15, 0.2) is 0 Å². The molecular formula is C31H50O2SSi. The van der Waals surface area contributed by atoms with Gasteiger partial charge in [0, 0.05) is 16.0 Å². The lowest BCUT2D eigenvalue weighted by Crippen LogP contribution is -2.64. The second kappa shape index (κ2) is 10.2. The van der Waals surface area contributed by atoms with Crippen LogP contribution in [0.4, 0.5) is 0 Å². The molecule has 2 aromatic rings. The third-order valence-corrected chi connectivity index (χ3v) is 16.7. The second-order valence-corrected chi connectivity index (χ2v) is 21.3. The number of phenols is 1. The third kappa shape index (κ3) is 6.13. The van der Waals surface area contributed by atoms with E-state index in [9.17, 15) is 5.11 Å². The molecule has 0 aliphatic heterocycles. The summed E-state index contributed by atoms with van der Waals surface area (Å²) in [5.74, 6) is 1.50. The molecule has 0 unspecified atom stereocenters. The summed E-state index contributed by atoms with van der Waals surface area (Å²) in [4.78, 5) is 1.25. The molecule has 0 atom stereocenters. The van der Waals surface area contributed by atoms with Gasteiger partial charge in [-0.05, 0) is 56.6 Å². The minimum atomic E-state index is -2.20. The van der Waals surface area contributed by atoms with Crippen molar-refractivity contribution in [1.29, 1.82) is 0 Å². The van der Waals surface area contributed by atoms with Crippen LogP contribution in [-0.4, -0.2) is 25.2 Å². The van der Waals surface area contributed by atoms with E-state index in [2.05, 4.69) is 126 Å². The Morgan fingerprint density at radius 2 is 1.23 bits per heavy atom. The molecule has 0 radical (unpaired) electrons. The van der Waals surface area contributed by atoms with Gasteiger partial charge in [-0.15, -0.1) is 11.8 Å². The van der Waals surface area contributed by atoms with Crippen molar-refractivity contribution in [3.63, 3.8) is 0 Å². The fraction of sp³-hybridized carbons (Fsp3) is 0.613. The quantitative estimate of drug-likeness (QED) is 0.308. The summed E-state index contributed by atoms with van der Waals surface area (Å²) in [6, 6.07) is 13.2. The Morgan fingerprint density at radius 1 is 0.771 bits per heavy atom. The van der Waals surface area contributed by atoms with E-state index in [1.165, 1.54) is 10.1 Å². The van der Waals surface area contributed by atoms with Gasteiger partial charge in [0.2, 0.25) is 0 Å². The number of rotatable bonds is 6. The first-order valence-electron chi connectivity index (χ1n) is 13.0. The Bertz CT molecular complexity index is 965. The first kappa shape index (κ1) is 29.8. The highest BCUT2D eigenvalue weighted by atomic mass is 32.2. The normalized spacial score (nSPS) is 13.7. The molecule has 0 amide bonds. The van der Waals surface area contributed by atoms with E-state index in [0.717, 1.165) is 22.3 Å². The Hall–Kier alpha value is -1.39. The molecule has 2 aromatic carbocycles. The summed E-state index contributed by atoms with van der Waals surface area (Å²) >= 11 is 1.97. The van der Waals surface area contributed by atoms with Crippen LogP contribution in [0.5, 0.6) is 11.5 Å². The van der Waals surface area contributed by atoms with Gasteiger partial charge in [0.05, 0.1) is 6.61 Å². The van der Waals surface area contributed by atoms with Crippen molar-refractivity contribution in [2.24, 2.45) is 0 Å². The van der Waals surface area contributed by atoms with E-state index in [0.29, 0.717) is 12.4 Å². The number of ether oxygens (including phenoxy) is 1.